The number of hydrogen-bond donors (Lipinski definition) is 1. The molecule has 4 nitrogen and oxygen atoms in total. The van der Waals surface area contributed by atoms with Gasteiger partial charge in [0.1, 0.15) is 5.01 Å². The van der Waals surface area contributed by atoms with Crippen molar-refractivity contribution in [3.05, 3.63) is 46.7 Å². The lowest BCUT2D eigenvalue weighted by atomic mass is 10.1. The Balaban J connectivity index is 1.71. The van der Waals surface area contributed by atoms with Crippen molar-refractivity contribution in [3.8, 4) is 0 Å². The summed E-state index contributed by atoms with van der Waals surface area (Å²) >= 11 is 1.75. The monoisotopic (exact) mass is 286 g/mol. The minimum Gasteiger partial charge on any atom is -0.304 e. The normalized spacial score (nSPS) is 12.9. The molecule has 3 aromatic rings. The average molecular weight is 286 g/mol. The first-order valence-corrected chi connectivity index (χ1v) is 7.53. The Kier molecular flexibility index (Phi) is 3.54. The summed E-state index contributed by atoms with van der Waals surface area (Å²) in [6.45, 7) is 5.00. The molecule has 0 bridgehead atoms. The second-order valence-electron chi connectivity index (χ2n) is 5.02. The zero-order chi connectivity index (χ0) is 14.1. The molecule has 0 saturated heterocycles. The number of nitrogens with one attached hydrogen (secondary N) is 1. The van der Waals surface area contributed by atoms with Crippen LogP contribution >= 0.6 is 11.3 Å². The topological polar surface area (TPSA) is 42.7 Å². The molecule has 2 heterocycles. The van der Waals surface area contributed by atoms with Crippen molar-refractivity contribution in [3.63, 3.8) is 0 Å². The maximum atomic E-state index is 4.64. The number of benzene rings is 1. The Morgan fingerprint density at radius 1 is 1.35 bits per heavy atom. The Bertz CT molecular complexity index is 695. The first kappa shape index (κ1) is 13.3. The van der Waals surface area contributed by atoms with Gasteiger partial charge in [0.25, 0.3) is 0 Å². The van der Waals surface area contributed by atoms with Crippen LogP contribution in [0.5, 0.6) is 0 Å². The lowest BCUT2D eigenvalue weighted by Gasteiger charge is -2.11. The van der Waals surface area contributed by atoms with Gasteiger partial charge < -0.3 is 5.32 Å². The van der Waals surface area contributed by atoms with Crippen LogP contribution in [-0.4, -0.2) is 14.8 Å². The van der Waals surface area contributed by atoms with Crippen LogP contribution in [0.2, 0.25) is 0 Å². The molecule has 20 heavy (non-hydrogen) atoms. The molecule has 0 radical (unpaired) electrons. The fourth-order valence-electron chi connectivity index (χ4n) is 2.39. The predicted molar refractivity (Wildman–Crippen MR) is 82.8 cm³/mol. The molecule has 3 rings (SSSR count). The Hall–Kier alpha value is -1.72. The minimum absolute atomic E-state index is 0.274. The molecular formula is C15H18N4S. The summed E-state index contributed by atoms with van der Waals surface area (Å²) < 4.78 is 3.11. The molecule has 0 amide bonds. The summed E-state index contributed by atoms with van der Waals surface area (Å²) in [6.07, 6.45) is 2.07. The van der Waals surface area contributed by atoms with Crippen LogP contribution in [0.3, 0.4) is 0 Å². The van der Waals surface area contributed by atoms with E-state index in [-0.39, 0.29) is 6.04 Å². The highest BCUT2D eigenvalue weighted by Crippen LogP contribution is 2.22. The van der Waals surface area contributed by atoms with E-state index in [2.05, 4.69) is 46.7 Å². The number of rotatable bonds is 4. The Labute approximate surface area is 122 Å². The van der Waals surface area contributed by atoms with Crippen molar-refractivity contribution in [2.45, 2.75) is 26.4 Å². The number of para-hydroxylation sites is 1. The maximum Gasteiger partial charge on any atom is 0.108 e. The molecule has 1 aromatic carbocycles. The lowest BCUT2D eigenvalue weighted by molar-refractivity contribution is 0.571. The van der Waals surface area contributed by atoms with Gasteiger partial charge >= 0.3 is 0 Å². The van der Waals surface area contributed by atoms with Gasteiger partial charge in [-0.25, -0.2) is 4.98 Å². The molecule has 104 valence electrons. The molecule has 1 unspecified atom stereocenters. The molecule has 1 atom stereocenters. The summed E-state index contributed by atoms with van der Waals surface area (Å²) in [4.78, 5) is 4.64. The molecule has 0 aliphatic carbocycles. The molecule has 1 N–H and O–H groups in total. The van der Waals surface area contributed by atoms with Gasteiger partial charge in [0.15, 0.2) is 0 Å². The largest absolute Gasteiger partial charge is 0.304 e. The molecular weight excluding hydrogens is 268 g/mol. The van der Waals surface area contributed by atoms with E-state index in [1.165, 1.54) is 10.3 Å². The van der Waals surface area contributed by atoms with E-state index in [1.807, 2.05) is 24.7 Å². The maximum absolute atomic E-state index is 4.64. The van der Waals surface area contributed by atoms with Gasteiger partial charge in [0, 0.05) is 31.4 Å². The van der Waals surface area contributed by atoms with Crippen LogP contribution in [0.4, 0.5) is 0 Å². The van der Waals surface area contributed by atoms with E-state index >= 15 is 0 Å². The van der Waals surface area contributed by atoms with Crippen molar-refractivity contribution in [2.24, 2.45) is 7.05 Å². The van der Waals surface area contributed by atoms with Gasteiger partial charge in [0.05, 0.1) is 15.9 Å². The standard InChI is InChI=1S/C15H18N4S/c1-10(12-9-19(3)18-11(12)2)16-8-15-17-13-6-4-5-7-14(13)20-15/h4-7,9-10,16H,8H2,1-3H3. The summed E-state index contributed by atoms with van der Waals surface area (Å²) in [5.74, 6) is 0. The number of nitrogens with zero attached hydrogens (tertiary/aromatic N) is 3. The SMILES string of the molecule is Cc1nn(C)cc1C(C)NCc1nc2ccccc2s1. The van der Waals surface area contributed by atoms with Crippen LogP contribution in [-0.2, 0) is 13.6 Å². The number of aromatic nitrogens is 3. The second kappa shape index (κ2) is 5.34. The Morgan fingerprint density at radius 3 is 2.85 bits per heavy atom. The highest BCUT2D eigenvalue weighted by Gasteiger charge is 2.12. The summed E-state index contributed by atoms with van der Waals surface area (Å²) in [5, 5.41) is 9.04. The molecule has 0 fully saturated rings. The van der Waals surface area contributed by atoms with Crippen LogP contribution in [0.15, 0.2) is 30.5 Å². The first-order chi connectivity index (χ1) is 9.63. The van der Waals surface area contributed by atoms with Gasteiger partial charge in [-0.15, -0.1) is 11.3 Å². The number of fused-ring (bicyclic) bond motifs is 1. The fraction of sp³-hybridized carbons (Fsp3) is 0.333. The van der Waals surface area contributed by atoms with Gasteiger partial charge in [-0.3, -0.25) is 4.68 Å². The lowest BCUT2D eigenvalue weighted by Crippen LogP contribution is -2.18. The summed E-state index contributed by atoms with van der Waals surface area (Å²) in [5.41, 5.74) is 3.41. The van der Waals surface area contributed by atoms with E-state index in [9.17, 15) is 0 Å². The molecule has 0 aliphatic heterocycles. The summed E-state index contributed by atoms with van der Waals surface area (Å²) in [7, 11) is 1.96. The van der Waals surface area contributed by atoms with Crippen molar-refractivity contribution >= 4 is 21.6 Å². The van der Waals surface area contributed by atoms with E-state index < -0.39 is 0 Å². The van der Waals surface area contributed by atoms with E-state index in [4.69, 9.17) is 0 Å². The van der Waals surface area contributed by atoms with Gasteiger partial charge in [-0.05, 0) is 26.0 Å². The van der Waals surface area contributed by atoms with E-state index in [0.717, 1.165) is 22.8 Å². The van der Waals surface area contributed by atoms with Crippen LogP contribution in [0, 0.1) is 6.92 Å². The minimum atomic E-state index is 0.274. The quantitative estimate of drug-likeness (QED) is 0.801. The van der Waals surface area contributed by atoms with Gasteiger partial charge in [0.2, 0.25) is 0 Å². The van der Waals surface area contributed by atoms with Crippen LogP contribution < -0.4 is 5.32 Å². The highest BCUT2D eigenvalue weighted by molar-refractivity contribution is 7.18. The smallest absolute Gasteiger partial charge is 0.108 e. The molecule has 5 heteroatoms. The van der Waals surface area contributed by atoms with E-state index in [0.29, 0.717) is 0 Å². The third kappa shape index (κ3) is 2.59. The average Bonchev–Trinajstić information content (AvgIpc) is 2.98. The van der Waals surface area contributed by atoms with E-state index in [1.54, 1.807) is 11.3 Å². The van der Waals surface area contributed by atoms with Crippen molar-refractivity contribution in [1.29, 1.82) is 0 Å². The fourth-order valence-corrected chi connectivity index (χ4v) is 3.31. The first-order valence-electron chi connectivity index (χ1n) is 6.71. The second-order valence-corrected chi connectivity index (χ2v) is 6.14. The number of aryl methyl sites for hydroxylation is 2. The molecule has 0 saturated carbocycles. The molecule has 0 spiro atoms. The van der Waals surface area contributed by atoms with Crippen molar-refractivity contribution in [1.82, 2.24) is 20.1 Å². The number of thiazole rings is 1. The zero-order valence-corrected chi connectivity index (χ0v) is 12.7. The summed E-state index contributed by atoms with van der Waals surface area (Å²) in [6, 6.07) is 8.53. The van der Waals surface area contributed by atoms with Crippen molar-refractivity contribution < 1.29 is 0 Å². The third-order valence-corrected chi connectivity index (χ3v) is 4.45. The van der Waals surface area contributed by atoms with Gasteiger partial charge in [-0.2, -0.15) is 5.10 Å². The van der Waals surface area contributed by atoms with Crippen LogP contribution in [0.1, 0.15) is 29.2 Å². The van der Waals surface area contributed by atoms with Crippen molar-refractivity contribution in [2.75, 3.05) is 0 Å². The highest BCUT2D eigenvalue weighted by atomic mass is 32.1. The molecule has 2 aromatic heterocycles. The molecule has 0 aliphatic rings. The third-order valence-electron chi connectivity index (χ3n) is 3.42. The predicted octanol–water partition coefficient (Wildman–Crippen LogP) is 3.19. The van der Waals surface area contributed by atoms with Gasteiger partial charge in [-0.1, -0.05) is 12.1 Å². The number of hydrogen-bond acceptors (Lipinski definition) is 4. The Morgan fingerprint density at radius 2 is 2.15 bits per heavy atom. The van der Waals surface area contributed by atoms with Crippen LogP contribution in [0.25, 0.3) is 10.2 Å². The zero-order valence-electron chi connectivity index (χ0n) is 11.9.